The number of alkyl halides is 3. The van der Waals surface area contributed by atoms with Gasteiger partial charge in [0.25, 0.3) is 6.43 Å². The van der Waals surface area contributed by atoms with E-state index in [4.69, 9.17) is 0 Å². The van der Waals surface area contributed by atoms with Crippen LogP contribution in [-0.2, 0) is 4.79 Å². The van der Waals surface area contributed by atoms with Crippen molar-refractivity contribution in [3.63, 3.8) is 0 Å². The third-order valence-electron chi connectivity index (χ3n) is 0.912. The first-order valence-electron chi connectivity index (χ1n) is 2.44. The largest absolute Gasteiger partial charge is 0.368 e. The number of carbonyl (C=O) groups is 1. The molecular weight excluding hydrogens is 185 g/mol. The Kier molecular flexibility index (Phi) is 6.20. The maximum absolute atomic E-state index is 12.0. The highest BCUT2D eigenvalue weighted by molar-refractivity contribution is 5.85. The molecule has 0 bridgehead atoms. The Hall–Kier alpha value is -0.490. The molecule has 2 unspecified atom stereocenters. The molecule has 7 heteroatoms. The number of halogens is 4. The van der Waals surface area contributed by atoms with Crippen LogP contribution >= 0.6 is 12.4 Å². The van der Waals surface area contributed by atoms with Crippen LogP contribution in [0.4, 0.5) is 13.2 Å². The lowest BCUT2D eigenvalue weighted by Crippen LogP contribution is -2.46. The molecule has 1 amide bonds. The third-order valence-corrected chi connectivity index (χ3v) is 0.912. The molecule has 0 aliphatic heterocycles. The number of amides is 1. The second-order valence-electron chi connectivity index (χ2n) is 1.71. The normalized spacial score (nSPS) is 15.4. The highest BCUT2D eigenvalue weighted by Gasteiger charge is 2.30. The van der Waals surface area contributed by atoms with Crippen LogP contribution in [0.2, 0.25) is 0 Å². The van der Waals surface area contributed by atoms with Crippen molar-refractivity contribution in [2.24, 2.45) is 11.5 Å². The van der Waals surface area contributed by atoms with E-state index in [0.29, 0.717) is 0 Å². The zero-order valence-corrected chi connectivity index (χ0v) is 6.15. The van der Waals surface area contributed by atoms with Gasteiger partial charge in [0, 0.05) is 0 Å². The summed E-state index contributed by atoms with van der Waals surface area (Å²) in [5.41, 5.74) is 9.07. The van der Waals surface area contributed by atoms with Crippen LogP contribution in [-0.4, -0.2) is 24.5 Å². The molecule has 0 aromatic carbocycles. The van der Waals surface area contributed by atoms with Crippen molar-refractivity contribution in [1.82, 2.24) is 0 Å². The topological polar surface area (TPSA) is 69.1 Å². The molecule has 0 rings (SSSR count). The van der Waals surface area contributed by atoms with Crippen LogP contribution in [0.5, 0.6) is 0 Å². The molecule has 0 aromatic heterocycles. The molecule has 0 spiro atoms. The summed E-state index contributed by atoms with van der Waals surface area (Å²) >= 11 is 0. The van der Waals surface area contributed by atoms with E-state index in [0.717, 1.165) is 0 Å². The van der Waals surface area contributed by atoms with E-state index in [-0.39, 0.29) is 12.4 Å². The molecule has 3 nitrogen and oxygen atoms in total. The van der Waals surface area contributed by atoms with Gasteiger partial charge in [-0.25, -0.2) is 13.2 Å². The van der Waals surface area contributed by atoms with Crippen molar-refractivity contribution in [3.8, 4) is 0 Å². The summed E-state index contributed by atoms with van der Waals surface area (Å²) in [4.78, 5) is 9.97. The third kappa shape index (κ3) is 4.05. The van der Waals surface area contributed by atoms with Gasteiger partial charge in [-0.3, -0.25) is 4.79 Å². The number of hydrogen-bond donors (Lipinski definition) is 2. The molecule has 0 saturated heterocycles. The van der Waals surface area contributed by atoms with E-state index in [9.17, 15) is 18.0 Å². The van der Waals surface area contributed by atoms with Gasteiger partial charge in [-0.05, 0) is 0 Å². The van der Waals surface area contributed by atoms with E-state index in [1.54, 1.807) is 0 Å². The fourth-order valence-electron chi connectivity index (χ4n) is 0.314. The van der Waals surface area contributed by atoms with Crippen LogP contribution in [0.3, 0.4) is 0 Å². The molecule has 0 aliphatic carbocycles. The van der Waals surface area contributed by atoms with Gasteiger partial charge in [-0.15, -0.1) is 12.4 Å². The molecular formula is C4H8ClF3N2O. The SMILES string of the molecule is Cl.NC(=O)C(N)C(F)C(F)F. The molecule has 2 atom stereocenters. The van der Waals surface area contributed by atoms with Crippen molar-refractivity contribution in [2.45, 2.75) is 18.6 Å². The molecule has 0 aromatic rings. The van der Waals surface area contributed by atoms with Gasteiger partial charge in [-0.1, -0.05) is 0 Å². The van der Waals surface area contributed by atoms with Crippen molar-refractivity contribution in [2.75, 3.05) is 0 Å². The number of rotatable bonds is 3. The second-order valence-corrected chi connectivity index (χ2v) is 1.71. The van der Waals surface area contributed by atoms with Gasteiger partial charge < -0.3 is 11.5 Å². The van der Waals surface area contributed by atoms with Crippen molar-refractivity contribution < 1.29 is 18.0 Å². The minimum absolute atomic E-state index is 0. The van der Waals surface area contributed by atoms with Gasteiger partial charge >= 0.3 is 0 Å². The maximum atomic E-state index is 12.0. The molecule has 11 heavy (non-hydrogen) atoms. The number of carbonyl (C=O) groups excluding carboxylic acids is 1. The summed E-state index contributed by atoms with van der Waals surface area (Å²) in [7, 11) is 0. The lowest BCUT2D eigenvalue weighted by Gasteiger charge is -2.11. The predicted octanol–water partition coefficient (Wildman–Crippen LogP) is -0.176. The molecule has 4 N–H and O–H groups in total. The first kappa shape index (κ1) is 13.1. The minimum Gasteiger partial charge on any atom is -0.368 e. The number of primary amides is 1. The average Bonchev–Trinajstić information content (AvgIpc) is 1.84. The predicted molar refractivity (Wildman–Crippen MR) is 35.3 cm³/mol. The van der Waals surface area contributed by atoms with Crippen LogP contribution in [0.15, 0.2) is 0 Å². The van der Waals surface area contributed by atoms with E-state index in [1.165, 1.54) is 0 Å². The Labute approximate surface area is 67.3 Å². The Morgan fingerprint density at radius 2 is 1.64 bits per heavy atom. The van der Waals surface area contributed by atoms with Gasteiger partial charge in [0.15, 0.2) is 6.17 Å². The Morgan fingerprint density at radius 3 is 1.73 bits per heavy atom. The van der Waals surface area contributed by atoms with E-state index in [2.05, 4.69) is 11.5 Å². The molecule has 68 valence electrons. The Morgan fingerprint density at radius 1 is 1.27 bits per heavy atom. The second kappa shape index (κ2) is 5.20. The lowest BCUT2D eigenvalue weighted by atomic mass is 10.2. The summed E-state index contributed by atoms with van der Waals surface area (Å²) in [6, 6.07) is -1.92. The highest BCUT2D eigenvalue weighted by atomic mass is 35.5. The maximum Gasteiger partial charge on any atom is 0.271 e. The lowest BCUT2D eigenvalue weighted by molar-refractivity contribution is -0.122. The first-order chi connectivity index (χ1) is 4.46. The molecule has 0 heterocycles. The van der Waals surface area contributed by atoms with E-state index >= 15 is 0 Å². The fourth-order valence-corrected chi connectivity index (χ4v) is 0.314. The standard InChI is InChI=1S/C4H7F3N2O.ClH/c5-1(3(6)7)2(8)4(9)10;/h1-3H,8H2,(H2,9,10);1H. The summed E-state index contributed by atoms with van der Waals surface area (Å²) in [5, 5.41) is 0. The molecule has 0 radical (unpaired) electrons. The highest BCUT2D eigenvalue weighted by Crippen LogP contribution is 2.07. The zero-order chi connectivity index (χ0) is 8.31. The van der Waals surface area contributed by atoms with Crippen molar-refractivity contribution in [1.29, 1.82) is 0 Å². The van der Waals surface area contributed by atoms with E-state index in [1.807, 2.05) is 0 Å². The fraction of sp³-hybridized carbons (Fsp3) is 0.750. The summed E-state index contributed by atoms with van der Waals surface area (Å²) in [6.07, 6.45) is -5.93. The van der Waals surface area contributed by atoms with Crippen LogP contribution in [0.1, 0.15) is 0 Å². The molecule has 0 fully saturated rings. The van der Waals surface area contributed by atoms with Gasteiger partial charge in [0.1, 0.15) is 6.04 Å². The molecule has 0 aliphatic rings. The summed E-state index contributed by atoms with van der Waals surface area (Å²) < 4.78 is 34.7. The van der Waals surface area contributed by atoms with Crippen LogP contribution in [0, 0.1) is 0 Å². The summed E-state index contributed by atoms with van der Waals surface area (Å²) in [5.74, 6) is -1.27. The Bertz CT molecular complexity index is 135. The van der Waals surface area contributed by atoms with Gasteiger partial charge in [0.05, 0.1) is 0 Å². The monoisotopic (exact) mass is 192 g/mol. The van der Waals surface area contributed by atoms with Gasteiger partial charge in [-0.2, -0.15) is 0 Å². The van der Waals surface area contributed by atoms with Crippen molar-refractivity contribution in [3.05, 3.63) is 0 Å². The van der Waals surface area contributed by atoms with Crippen LogP contribution in [0.25, 0.3) is 0 Å². The van der Waals surface area contributed by atoms with Crippen molar-refractivity contribution >= 4 is 18.3 Å². The molecule has 0 saturated carbocycles. The first-order valence-corrected chi connectivity index (χ1v) is 2.44. The van der Waals surface area contributed by atoms with Gasteiger partial charge in [0.2, 0.25) is 5.91 Å². The average molecular weight is 193 g/mol. The minimum atomic E-state index is -3.26. The zero-order valence-electron chi connectivity index (χ0n) is 5.34. The smallest absolute Gasteiger partial charge is 0.271 e. The number of hydrogen-bond acceptors (Lipinski definition) is 2. The van der Waals surface area contributed by atoms with E-state index < -0.39 is 24.5 Å². The quantitative estimate of drug-likeness (QED) is 0.652. The number of nitrogens with two attached hydrogens (primary N) is 2. The Balaban J connectivity index is 0. The van der Waals surface area contributed by atoms with Crippen LogP contribution < -0.4 is 11.5 Å². The summed E-state index contributed by atoms with van der Waals surface area (Å²) in [6.45, 7) is 0.